The summed E-state index contributed by atoms with van der Waals surface area (Å²) >= 11 is 0. The van der Waals surface area contributed by atoms with Gasteiger partial charge in [0.2, 0.25) is 0 Å². The lowest BCUT2D eigenvalue weighted by molar-refractivity contribution is 0.0366. The zero-order valence-electron chi connectivity index (χ0n) is 10.5. The Hall–Kier alpha value is -0.160. The molecule has 4 nitrogen and oxygen atoms in total. The molecule has 0 atom stereocenters. The van der Waals surface area contributed by atoms with Gasteiger partial charge in [-0.25, -0.2) is 0 Å². The van der Waals surface area contributed by atoms with E-state index >= 15 is 0 Å². The fraction of sp³-hybridized carbons (Fsp3) is 1.00. The third-order valence-corrected chi connectivity index (χ3v) is 2.78. The Morgan fingerprint density at radius 3 is 2.38 bits per heavy atom. The second kappa shape index (κ2) is 10.0. The standard InChI is InChI=1S/C12H26N2O2/c1-2-3-9-15-11-12-16-10-8-14-6-4-13-5-7-14/h13H,2-12H2,1H3. The highest BCUT2D eigenvalue weighted by Gasteiger charge is 2.07. The lowest BCUT2D eigenvalue weighted by atomic mass is 10.4. The largest absolute Gasteiger partial charge is 0.379 e. The van der Waals surface area contributed by atoms with Crippen LogP contribution < -0.4 is 5.32 Å². The van der Waals surface area contributed by atoms with Crippen LogP contribution in [-0.2, 0) is 9.47 Å². The number of rotatable bonds is 9. The summed E-state index contributed by atoms with van der Waals surface area (Å²) in [6.07, 6.45) is 2.35. The highest BCUT2D eigenvalue weighted by molar-refractivity contribution is 4.66. The average Bonchev–Trinajstić information content (AvgIpc) is 2.34. The van der Waals surface area contributed by atoms with Crippen molar-refractivity contribution in [3.63, 3.8) is 0 Å². The van der Waals surface area contributed by atoms with Crippen molar-refractivity contribution >= 4 is 0 Å². The maximum absolute atomic E-state index is 5.53. The van der Waals surface area contributed by atoms with E-state index in [4.69, 9.17) is 9.47 Å². The number of ether oxygens (including phenoxy) is 2. The van der Waals surface area contributed by atoms with Crippen LogP contribution >= 0.6 is 0 Å². The van der Waals surface area contributed by atoms with Crippen molar-refractivity contribution < 1.29 is 9.47 Å². The van der Waals surface area contributed by atoms with E-state index in [-0.39, 0.29) is 0 Å². The van der Waals surface area contributed by atoms with Crippen LogP contribution in [0.25, 0.3) is 0 Å². The summed E-state index contributed by atoms with van der Waals surface area (Å²) in [5.74, 6) is 0. The van der Waals surface area contributed by atoms with E-state index in [1.807, 2.05) is 0 Å². The molecule has 0 spiro atoms. The number of nitrogens with zero attached hydrogens (tertiary/aromatic N) is 1. The van der Waals surface area contributed by atoms with Gasteiger partial charge in [-0.3, -0.25) is 4.90 Å². The van der Waals surface area contributed by atoms with Crippen LogP contribution in [0, 0.1) is 0 Å². The van der Waals surface area contributed by atoms with Crippen LogP contribution in [0.5, 0.6) is 0 Å². The monoisotopic (exact) mass is 230 g/mol. The van der Waals surface area contributed by atoms with Crippen LogP contribution in [0.1, 0.15) is 19.8 Å². The summed E-state index contributed by atoms with van der Waals surface area (Å²) in [6, 6.07) is 0. The third-order valence-electron chi connectivity index (χ3n) is 2.78. The first-order valence-electron chi connectivity index (χ1n) is 6.52. The summed E-state index contributed by atoms with van der Waals surface area (Å²) in [6.45, 7) is 10.9. The molecular weight excluding hydrogens is 204 g/mol. The maximum atomic E-state index is 5.53. The van der Waals surface area contributed by atoms with Crippen LogP contribution in [0.15, 0.2) is 0 Å². The van der Waals surface area contributed by atoms with Gasteiger partial charge in [0.1, 0.15) is 0 Å². The molecule has 0 aromatic rings. The van der Waals surface area contributed by atoms with Crippen molar-refractivity contribution in [1.82, 2.24) is 10.2 Å². The predicted molar refractivity (Wildman–Crippen MR) is 65.9 cm³/mol. The van der Waals surface area contributed by atoms with Crippen molar-refractivity contribution in [3.05, 3.63) is 0 Å². The molecule has 0 aromatic carbocycles. The minimum atomic E-state index is 0.732. The highest BCUT2D eigenvalue weighted by Crippen LogP contribution is 1.92. The van der Waals surface area contributed by atoms with E-state index in [0.29, 0.717) is 0 Å². The molecule has 1 saturated heterocycles. The van der Waals surface area contributed by atoms with Crippen molar-refractivity contribution in [2.24, 2.45) is 0 Å². The second-order valence-electron chi connectivity index (χ2n) is 4.17. The highest BCUT2D eigenvalue weighted by atomic mass is 16.5. The van der Waals surface area contributed by atoms with Gasteiger partial charge in [0.25, 0.3) is 0 Å². The Labute approximate surface area is 99.3 Å². The smallest absolute Gasteiger partial charge is 0.0701 e. The van der Waals surface area contributed by atoms with Crippen molar-refractivity contribution in [1.29, 1.82) is 0 Å². The zero-order valence-corrected chi connectivity index (χ0v) is 10.5. The molecule has 0 unspecified atom stereocenters. The predicted octanol–water partition coefficient (Wildman–Crippen LogP) is 0.725. The molecule has 0 bridgehead atoms. The lowest BCUT2D eigenvalue weighted by Crippen LogP contribution is -2.44. The minimum Gasteiger partial charge on any atom is -0.379 e. The molecule has 0 aromatic heterocycles. The average molecular weight is 230 g/mol. The molecule has 1 rings (SSSR count). The molecule has 0 radical (unpaired) electrons. The van der Waals surface area contributed by atoms with E-state index in [2.05, 4.69) is 17.1 Å². The van der Waals surface area contributed by atoms with Gasteiger partial charge >= 0.3 is 0 Å². The molecule has 16 heavy (non-hydrogen) atoms. The minimum absolute atomic E-state index is 0.732. The van der Waals surface area contributed by atoms with Crippen molar-refractivity contribution in [2.75, 3.05) is 59.2 Å². The van der Waals surface area contributed by atoms with Gasteiger partial charge in [-0.1, -0.05) is 13.3 Å². The van der Waals surface area contributed by atoms with Crippen LogP contribution in [0.2, 0.25) is 0 Å². The first kappa shape index (κ1) is 13.9. The molecule has 0 aliphatic carbocycles. The second-order valence-corrected chi connectivity index (χ2v) is 4.17. The maximum Gasteiger partial charge on any atom is 0.0701 e. The van der Waals surface area contributed by atoms with Crippen molar-refractivity contribution in [2.45, 2.75) is 19.8 Å². The summed E-state index contributed by atoms with van der Waals surface area (Å²) in [7, 11) is 0. The summed E-state index contributed by atoms with van der Waals surface area (Å²) in [4.78, 5) is 2.44. The molecule has 1 N–H and O–H groups in total. The third kappa shape index (κ3) is 7.17. The van der Waals surface area contributed by atoms with Gasteiger partial charge in [-0.2, -0.15) is 0 Å². The lowest BCUT2D eigenvalue weighted by Gasteiger charge is -2.26. The molecule has 1 fully saturated rings. The number of hydrogen-bond donors (Lipinski definition) is 1. The van der Waals surface area contributed by atoms with Crippen LogP contribution in [-0.4, -0.2) is 64.1 Å². The fourth-order valence-electron chi connectivity index (χ4n) is 1.70. The van der Waals surface area contributed by atoms with Gasteiger partial charge in [0.05, 0.1) is 19.8 Å². The topological polar surface area (TPSA) is 33.7 Å². The number of unbranched alkanes of at least 4 members (excludes halogenated alkanes) is 1. The van der Waals surface area contributed by atoms with Crippen LogP contribution in [0.3, 0.4) is 0 Å². The fourth-order valence-corrected chi connectivity index (χ4v) is 1.70. The van der Waals surface area contributed by atoms with Gasteiger partial charge in [0.15, 0.2) is 0 Å². The molecule has 4 heteroatoms. The molecule has 1 aliphatic rings. The normalized spacial score (nSPS) is 17.8. The quantitative estimate of drug-likeness (QED) is 0.592. The van der Waals surface area contributed by atoms with Gasteiger partial charge < -0.3 is 14.8 Å². The molecule has 96 valence electrons. The van der Waals surface area contributed by atoms with E-state index in [1.54, 1.807) is 0 Å². The van der Waals surface area contributed by atoms with E-state index in [0.717, 1.165) is 65.6 Å². The van der Waals surface area contributed by atoms with Crippen LogP contribution in [0.4, 0.5) is 0 Å². The van der Waals surface area contributed by atoms with Crippen molar-refractivity contribution in [3.8, 4) is 0 Å². The number of nitrogens with one attached hydrogen (secondary N) is 1. The summed E-state index contributed by atoms with van der Waals surface area (Å²) in [5, 5.41) is 3.34. The number of hydrogen-bond acceptors (Lipinski definition) is 4. The Balaban J connectivity index is 1.77. The SMILES string of the molecule is CCCCOCCOCCN1CCNCC1. The Morgan fingerprint density at radius 2 is 1.69 bits per heavy atom. The summed E-state index contributed by atoms with van der Waals surface area (Å²) < 4.78 is 10.9. The number of piperazine rings is 1. The van der Waals surface area contributed by atoms with Gasteiger partial charge in [0, 0.05) is 39.3 Å². The Kier molecular flexibility index (Phi) is 8.71. The van der Waals surface area contributed by atoms with Gasteiger partial charge in [-0.15, -0.1) is 0 Å². The van der Waals surface area contributed by atoms with E-state index < -0.39 is 0 Å². The van der Waals surface area contributed by atoms with Gasteiger partial charge in [-0.05, 0) is 6.42 Å². The molecule has 0 saturated carbocycles. The summed E-state index contributed by atoms with van der Waals surface area (Å²) in [5.41, 5.74) is 0. The molecular formula is C12H26N2O2. The Bertz CT molecular complexity index is 150. The zero-order chi connectivity index (χ0) is 11.5. The molecule has 1 aliphatic heterocycles. The van der Waals surface area contributed by atoms with E-state index in [9.17, 15) is 0 Å². The van der Waals surface area contributed by atoms with E-state index in [1.165, 1.54) is 6.42 Å². The molecule has 1 heterocycles. The Morgan fingerprint density at radius 1 is 1.00 bits per heavy atom. The first-order chi connectivity index (χ1) is 7.93. The molecule has 0 amide bonds. The first-order valence-corrected chi connectivity index (χ1v) is 6.52.